The van der Waals surface area contributed by atoms with Crippen LogP contribution in [0.15, 0.2) is 54.7 Å². The number of aromatic nitrogens is 2. The van der Waals surface area contributed by atoms with Crippen molar-refractivity contribution in [2.45, 2.75) is 0 Å². The van der Waals surface area contributed by atoms with Crippen molar-refractivity contribution in [1.82, 2.24) is 14.7 Å². The fourth-order valence-electron chi connectivity index (χ4n) is 3.50. The van der Waals surface area contributed by atoms with E-state index in [1.165, 1.54) is 10.9 Å². The number of carbonyl (C=O) groups is 2. The highest BCUT2D eigenvalue weighted by Crippen LogP contribution is 2.31. The molecule has 3 aromatic rings. The number of nitrogens with zero attached hydrogens (tertiary/aromatic N) is 3. The van der Waals surface area contributed by atoms with Crippen molar-refractivity contribution < 1.29 is 34.0 Å². The number of benzene rings is 2. The number of rotatable bonds is 8. The highest BCUT2D eigenvalue weighted by atomic mass is 16.7. The Labute approximate surface area is 189 Å². The van der Waals surface area contributed by atoms with Crippen molar-refractivity contribution in [3.05, 3.63) is 60.3 Å². The van der Waals surface area contributed by atoms with E-state index in [2.05, 4.69) is 10.00 Å². The van der Waals surface area contributed by atoms with Gasteiger partial charge in [0, 0.05) is 19.6 Å². The summed E-state index contributed by atoms with van der Waals surface area (Å²) in [5.74, 6) is -0.766. The molecule has 1 fully saturated rings. The van der Waals surface area contributed by atoms with Crippen LogP contribution in [0.2, 0.25) is 0 Å². The molecule has 33 heavy (non-hydrogen) atoms. The second-order valence-corrected chi connectivity index (χ2v) is 7.33. The molecule has 0 amide bonds. The van der Waals surface area contributed by atoms with Crippen LogP contribution in [0.25, 0.3) is 16.8 Å². The smallest absolute Gasteiger partial charge is 0.478 e. The van der Waals surface area contributed by atoms with Crippen molar-refractivity contribution in [2.24, 2.45) is 0 Å². The topological polar surface area (TPSA) is 123 Å². The van der Waals surface area contributed by atoms with Crippen molar-refractivity contribution in [3.63, 3.8) is 0 Å². The van der Waals surface area contributed by atoms with Crippen LogP contribution in [0.3, 0.4) is 0 Å². The Morgan fingerprint density at radius 3 is 2.21 bits per heavy atom. The molecule has 0 atom stereocenters. The minimum Gasteiger partial charge on any atom is -0.478 e. The van der Waals surface area contributed by atoms with Crippen LogP contribution in [0.5, 0.6) is 11.6 Å². The van der Waals surface area contributed by atoms with Crippen LogP contribution >= 0.6 is 0 Å². The molecule has 2 aromatic carbocycles. The molecule has 2 heterocycles. The van der Waals surface area contributed by atoms with E-state index in [-0.39, 0.29) is 17.2 Å². The third-order valence-electron chi connectivity index (χ3n) is 5.22. The van der Waals surface area contributed by atoms with Gasteiger partial charge >= 0.3 is 12.1 Å². The molecule has 1 saturated heterocycles. The average Bonchev–Trinajstić information content (AvgIpc) is 3.21. The van der Waals surface area contributed by atoms with Gasteiger partial charge in [0.1, 0.15) is 6.61 Å². The Bertz CT molecular complexity index is 1100. The summed E-state index contributed by atoms with van der Waals surface area (Å²) in [7, 11) is 0. The Morgan fingerprint density at radius 2 is 1.61 bits per heavy atom. The third kappa shape index (κ3) is 5.48. The normalized spacial score (nSPS) is 14.1. The summed E-state index contributed by atoms with van der Waals surface area (Å²) >= 11 is 0. The van der Waals surface area contributed by atoms with Crippen molar-refractivity contribution >= 4 is 12.1 Å². The number of ether oxygens (including phenoxy) is 3. The summed E-state index contributed by atoms with van der Waals surface area (Å²) in [4.78, 5) is 24.3. The van der Waals surface area contributed by atoms with Crippen LogP contribution in [0.1, 0.15) is 10.4 Å². The molecule has 0 radical (unpaired) electrons. The zero-order chi connectivity index (χ0) is 23.2. The standard InChI is InChI=1S/C23H23N3O7/c27-22(28)18-3-1-16(2-4-18)17-5-7-19(8-6-17)26-21(20(15-24-26)33-23(29)30)32-14-11-25-9-12-31-13-10-25/h1-8,15H,9-14H2,(H,27,28)(H,29,30). The van der Waals surface area contributed by atoms with E-state index in [4.69, 9.17) is 24.4 Å². The van der Waals surface area contributed by atoms with E-state index in [1.807, 2.05) is 24.3 Å². The van der Waals surface area contributed by atoms with Gasteiger partial charge in [-0.1, -0.05) is 24.3 Å². The number of hydrogen-bond acceptors (Lipinski definition) is 7. The first-order valence-electron chi connectivity index (χ1n) is 10.4. The van der Waals surface area contributed by atoms with Crippen LogP contribution in [-0.4, -0.2) is 76.5 Å². The summed E-state index contributed by atoms with van der Waals surface area (Å²) in [6, 6.07) is 13.9. The first-order chi connectivity index (χ1) is 16.0. The molecule has 10 heteroatoms. The molecule has 0 aliphatic carbocycles. The van der Waals surface area contributed by atoms with Gasteiger partial charge in [-0.2, -0.15) is 9.78 Å². The molecule has 1 aromatic heterocycles. The highest BCUT2D eigenvalue weighted by molar-refractivity contribution is 5.88. The maximum Gasteiger partial charge on any atom is 0.511 e. The summed E-state index contributed by atoms with van der Waals surface area (Å²) in [6.07, 6.45) is -0.149. The number of carboxylic acids is 1. The Hall–Kier alpha value is -3.89. The molecule has 0 spiro atoms. The predicted octanol–water partition coefficient (Wildman–Crippen LogP) is 3.01. The minimum atomic E-state index is -1.45. The van der Waals surface area contributed by atoms with E-state index >= 15 is 0 Å². The monoisotopic (exact) mass is 453 g/mol. The Balaban J connectivity index is 1.52. The van der Waals surface area contributed by atoms with E-state index in [9.17, 15) is 9.59 Å². The van der Waals surface area contributed by atoms with Crippen LogP contribution in [0, 0.1) is 0 Å². The van der Waals surface area contributed by atoms with Gasteiger partial charge in [0.25, 0.3) is 5.88 Å². The van der Waals surface area contributed by atoms with Gasteiger partial charge in [-0.3, -0.25) is 4.90 Å². The van der Waals surface area contributed by atoms with Gasteiger partial charge in [-0.05, 0) is 35.4 Å². The first kappa shape index (κ1) is 22.3. The average molecular weight is 453 g/mol. The SMILES string of the molecule is O=C(O)Oc1cnn(-c2ccc(-c3ccc(C(=O)O)cc3)cc2)c1OCCN1CCOCC1. The third-order valence-corrected chi connectivity index (χ3v) is 5.22. The molecule has 172 valence electrons. The summed E-state index contributed by atoms with van der Waals surface area (Å²) < 4.78 is 17.6. The molecule has 2 N–H and O–H groups in total. The lowest BCUT2D eigenvalue weighted by atomic mass is 10.0. The van der Waals surface area contributed by atoms with E-state index in [0.717, 1.165) is 24.2 Å². The van der Waals surface area contributed by atoms with Crippen LogP contribution in [-0.2, 0) is 4.74 Å². The quantitative estimate of drug-likeness (QED) is 0.495. The Kier molecular flexibility index (Phi) is 6.86. The van der Waals surface area contributed by atoms with Gasteiger partial charge in [0.05, 0.1) is 30.7 Å². The summed E-state index contributed by atoms with van der Waals surface area (Å²) in [5, 5.41) is 22.3. The lowest BCUT2D eigenvalue weighted by Crippen LogP contribution is -2.38. The minimum absolute atomic E-state index is 0.0119. The molecule has 1 aliphatic heterocycles. The molecular weight excluding hydrogens is 430 g/mol. The fraction of sp³-hybridized carbons (Fsp3) is 0.261. The molecule has 1 aliphatic rings. The van der Waals surface area contributed by atoms with Crippen molar-refractivity contribution in [1.29, 1.82) is 0 Å². The number of hydrogen-bond donors (Lipinski definition) is 2. The number of aromatic carboxylic acids is 1. The van der Waals surface area contributed by atoms with Crippen LogP contribution in [0.4, 0.5) is 4.79 Å². The maximum atomic E-state index is 11.1. The van der Waals surface area contributed by atoms with E-state index in [0.29, 0.717) is 32.1 Å². The number of morpholine rings is 1. The van der Waals surface area contributed by atoms with Gasteiger partial charge in [0.2, 0.25) is 5.75 Å². The largest absolute Gasteiger partial charge is 0.511 e. The lowest BCUT2D eigenvalue weighted by Gasteiger charge is -2.26. The van der Waals surface area contributed by atoms with Crippen molar-refractivity contribution in [2.75, 3.05) is 39.5 Å². The maximum absolute atomic E-state index is 11.1. The summed E-state index contributed by atoms with van der Waals surface area (Å²) in [5.41, 5.74) is 2.63. The molecule has 0 bridgehead atoms. The molecule has 4 rings (SSSR count). The second kappa shape index (κ2) is 10.2. The molecule has 0 saturated carbocycles. The highest BCUT2D eigenvalue weighted by Gasteiger charge is 2.19. The Morgan fingerprint density at radius 1 is 0.970 bits per heavy atom. The van der Waals surface area contributed by atoms with E-state index < -0.39 is 12.1 Å². The number of carboxylic acid groups (broad SMARTS) is 2. The second-order valence-electron chi connectivity index (χ2n) is 7.33. The molecule has 10 nitrogen and oxygen atoms in total. The van der Waals surface area contributed by atoms with Gasteiger partial charge in [-0.25, -0.2) is 9.59 Å². The molecule has 0 unspecified atom stereocenters. The van der Waals surface area contributed by atoms with Crippen LogP contribution < -0.4 is 9.47 Å². The van der Waals surface area contributed by atoms with Crippen molar-refractivity contribution in [3.8, 4) is 28.4 Å². The predicted molar refractivity (Wildman–Crippen MR) is 117 cm³/mol. The zero-order valence-corrected chi connectivity index (χ0v) is 17.7. The van der Waals surface area contributed by atoms with Gasteiger partial charge in [-0.15, -0.1) is 0 Å². The lowest BCUT2D eigenvalue weighted by molar-refractivity contribution is 0.0316. The van der Waals surface area contributed by atoms with Gasteiger partial charge in [0.15, 0.2) is 0 Å². The summed E-state index contributed by atoms with van der Waals surface area (Å²) in [6.45, 7) is 3.97. The van der Waals surface area contributed by atoms with E-state index in [1.54, 1.807) is 24.3 Å². The fourth-order valence-corrected chi connectivity index (χ4v) is 3.50. The zero-order valence-electron chi connectivity index (χ0n) is 17.7. The first-order valence-corrected chi connectivity index (χ1v) is 10.4. The van der Waals surface area contributed by atoms with Gasteiger partial charge < -0.3 is 24.4 Å². The molecular formula is C23H23N3O7.